The van der Waals surface area contributed by atoms with Crippen LogP contribution in [0.25, 0.3) is 10.8 Å². The average Bonchev–Trinajstić information content (AvgIpc) is 2.59. The third kappa shape index (κ3) is 4.27. The largest absolute Gasteiger partial charge is 0.478 e. The van der Waals surface area contributed by atoms with Crippen molar-refractivity contribution in [3.63, 3.8) is 0 Å². The van der Waals surface area contributed by atoms with Crippen molar-refractivity contribution < 1.29 is 14.7 Å². The molecule has 2 aromatic carbocycles. The first-order valence-electron chi connectivity index (χ1n) is 8.76. The number of carbonyl (C=O) groups excluding carboxylic acids is 1. The van der Waals surface area contributed by atoms with Crippen LogP contribution in [0.2, 0.25) is 0 Å². The third-order valence-corrected chi connectivity index (χ3v) is 4.81. The lowest BCUT2D eigenvalue weighted by molar-refractivity contribution is -0.133. The van der Waals surface area contributed by atoms with Crippen LogP contribution < -0.4 is 5.32 Å². The van der Waals surface area contributed by atoms with Crippen molar-refractivity contribution in [1.82, 2.24) is 5.32 Å². The highest BCUT2D eigenvalue weighted by Crippen LogP contribution is 2.28. The van der Waals surface area contributed by atoms with Gasteiger partial charge in [-0.05, 0) is 47.9 Å². The number of hydrogen-bond acceptors (Lipinski definition) is 2. The fraction of sp³-hybridized carbons (Fsp3) is 0.333. The summed E-state index contributed by atoms with van der Waals surface area (Å²) in [5.41, 5.74) is 2.06. The van der Waals surface area contributed by atoms with Crippen LogP contribution in [0.1, 0.15) is 38.2 Å². The molecule has 1 aliphatic rings. The molecular weight excluding hydrogens is 314 g/mol. The highest BCUT2D eigenvalue weighted by atomic mass is 16.4. The molecule has 0 radical (unpaired) electrons. The molecule has 2 aromatic rings. The van der Waals surface area contributed by atoms with Gasteiger partial charge in [-0.3, -0.25) is 4.79 Å². The van der Waals surface area contributed by atoms with Gasteiger partial charge < -0.3 is 10.4 Å². The van der Waals surface area contributed by atoms with Crippen molar-refractivity contribution in [2.75, 3.05) is 0 Å². The Labute approximate surface area is 147 Å². The highest BCUT2D eigenvalue weighted by molar-refractivity contribution is 5.89. The number of allylic oxidation sites excluding steroid dienone is 1. The summed E-state index contributed by atoms with van der Waals surface area (Å²) in [5, 5.41) is 14.5. The molecule has 1 amide bonds. The third-order valence-electron chi connectivity index (χ3n) is 4.81. The fourth-order valence-electron chi connectivity index (χ4n) is 3.36. The van der Waals surface area contributed by atoms with E-state index in [2.05, 4.69) is 36.5 Å². The predicted molar refractivity (Wildman–Crippen MR) is 98.1 cm³/mol. The number of aryl methyl sites for hydroxylation is 1. The van der Waals surface area contributed by atoms with Crippen LogP contribution in [0.4, 0.5) is 0 Å². The summed E-state index contributed by atoms with van der Waals surface area (Å²) in [6.07, 6.45) is 3.00. The Morgan fingerprint density at radius 1 is 1.16 bits per heavy atom. The minimum atomic E-state index is -0.920. The molecule has 0 spiro atoms. The summed E-state index contributed by atoms with van der Waals surface area (Å²) in [4.78, 5) is 23.6. The van der Waals surface area contributed by atoms with E-state index in [1.54, 1.807) is 0 Å². The van der Waals surface area contributed by atoms with Crippen molar-refractivity contribution in [3.05, 3.63) is 59.3 Å². The van der Waals surface area contributed by atoms with Gasteiger partial charge in [0.2, 0.25) is 5.91 Å². The van der Waals surface area contributed by atoms with Gasteiger partial charge in [-0.1, -0.05) is 49.4 Å². The Hall–Kier alpha value is -2.62. The summed E-state index contributed by atoms with van der Waals surface area (Å²) in [7, 11) is 0. The molecule has 0 saturated carbocycles. The minimum absolute atomic E-state index is 0.115. The molecule has 1 unspecified atom stereocenters. The zero-order valence-corrected chi connectivity index (χ0v) is 14.4. The van der Waals surface area contributed by atoms with Gasteiger partial charge in [0.15, 0.2) is 0 Å². The second-order valence-electron chi connectivity index (χ2n) is 6.84. The van der Waals surface area contributed by atoms with Crippen molar-refractivity contribution >= 4 is 22.6 Å². The van der Waals surface area contributed by atoms with E-state index in [0.717, 1.165) is 17.4 Å². The molecule has 0 bridgehead atoms. The van der Waals surface area contributed by atoms with E-state index in [1.165, 1.54) is 5.39 Å². The van der Waals surface area contributed by atoms with Crippen LogP contribution in [0.5, 0.6) is 0 Å². The van der Waals surface area contributed by atoms with Crippen molar-refractivity contribution in [1.29, 1.82) is 0 Å². The lowest BCUT2D eigenvalue weighted by Crippen LogP contribution is -2.29. The van der Waals surface area contributed by atoms with E-state index in [4.69, 9.17) is 0 Å². The molecule has 4 nitrogen and oxygen atoms in total. The van der Waals surface area contributed by atoms with Crippen LogP contribution in [-0.2, 0) is 16.0 Å². The molecule has 25 heavy (non-hydrogen) atoms. The molecule has 0 saturated heterocycles. The van der Waals surface area contributed by atoms with E-state index >= 15 is 0 Å². The van der Waals surface area contributed by atoms with Crippen molar-refractivity contribution in [2.45, 2.75) is 39.0 Å². The first kappa shape index (κ1) is 17.2. The number of aliphatic carboxylic acids is 1. The van der Waals surface area contributed by atoms with Gasteiger partial charge in [0.1, 0.15) is 0 Å². The quantitative estimate of drug-likeness (QED) is 0.865. The number of carboxylic acid groups (broad SMARTS) is 1. The van der Waals surface area contributed by atoms with Gasteiger partial charge in [-0.25, -0.2) is 4.79 Å². The number of hydrogen-bond donors (Lipinski definition) is 2. The Bertz CT molecular complexity index is 838. The predicted octanol–water partition coefficient (Wildman–Crippen LogP) is 4.05. The molecule has 130 valence electrons. The maximum absolute atomic E-state index is 12.3. The Kier molecular flexibility index (Phi) is 5.17. The molecule has 3 rings (SSSR count). The summed E-state index contributed by atoms with van der Waals surface area (Å²) in [6.45, 7) is 2.08. The lowest BCUT2D eigenvalue weighted by Gasteiger charge is -2.23. The normalized spacial score (nSPS) is 17.6. The number of carboxylic acids is 1. The van der Waals surface area contributed by atoms with E-state index in [1.807, 2.05) is 18.2 Å². The van der Waals surface area contributed by atoms with Gasteiger partial charge in [0, 0.05) is 12.1 Å². The molecule has 1 aliphatic carbocycles. The van der Waals surface area contributed by atoms with E-state index in [0.29, 0.717) is 42.9 Å². The molecule has 0 fully saturated rings. The standard InChI is InChI=1S/C21H23NO3/c1-14-6-10-18(21(24)25)19(12-14)22-20(23)11-8-15-7-9-16-4-2-3-5-17(16)13-15/h2-5,7,9,13-14H,6,8,10-12H2,1H3,(H,22,23)(H,24,25). The second-order valence-corrected chi connectivity index (χ2v) is 6.84. The molecule has 0 heterocycles. The lowest BCUT2D eigenvalue weighted by atomic mass is 9.88. The van der Waals surface area contributed by atoms with Gasteiger partial charge in [-0.2, -0.15) is 0 Å². The van der Waals surface area contributed by atoms with Gasteiger partial charge in [0.05, 0.1) is 5.57 Å². The maximum Gasteiger partial charge on any atom is 0.333 e. The number of rotatable bonds is 5. The Morgan fingerprint density at radius 2 is 1.92 bits per heavy atom. The van der Waals surface area contributed by atoms with Crippen LogP contribution in [0.15, 0.2) is 53.7 Å². The number of benzene rings is 2. The topological polar surface area (TPSA) is 66.4 Å². The Balaban J connectivity index is 1.64. The number of nitrogens with one attached hydrogen (secondary N) is 1. The van der Waals surface area contributed by atoms with Crippen molar-refractivity contribution in [3.8, 4) is 0 Å². The number of fused-ring (bicyclic) bond motifs is 1. The first-order chi connectivity index (χ1) is 12.0. The van der Waals surface area contributed by atoms with Crippen LogP contribution >= 0.6 is 0 Å². The monoisotopic (exact) mass is 337 g/mol. The molecule has 2 N–H and O–H groups in total. The number of amides is 1. The summed E-state index contributed by atoms with van der Waals surface area (Å²) >= 11 is 0. The number of carbonyl (C=O) groups is 2. The molecule has 1 atom stereocenters. The van der Waals surface area contributed by atoms with E-state index in [-0.39, 0.29) is 5.91 Å². The van der Waals surface area contributed by atoms with Crippen LogP contribution in [0.3, 0.4) is 0 Å². The second kappa shape index (κ2) is 7.51. The molecular formula is C21H23NO3. The van der Waals surface area contributed by atoms with Crippen molar-refractivity contribution in [2.24, 2.45) is 5.92 Å². The highest BCUT2D eigenvalue weighted by Gasteiger charge is 2.23. The summed E-state index contributed by atoms with van der Waals surface area (Å²) < 4.78 is 0. The minimum Gasteiger partial charge on any atom is -0.478 e. The van der Waals surface area contributed by atoms with Gasteiger partial charge in [0.25, 0.3) is 0 Å². The zero-order valence-electron chi connectivity index (χ0n) is 14.4. The fourth-order valence-corrected chi connectivity index (χ4v) is 3.36. The molecule has 4 heteroatoms. The smallest absolute Gasteiger partial charge is 0.333 e. The molecule has 0 aromatic heterocycles. The van der Waals surface area contributed by atoms with Gasteiger partial charge in [-0.15, -0.1) is 0 Å². The maximum atomic E-state index is 12.3. The van der Waals surface area contributed by atoms with Crippen LogP contribution in [-0.4, -0.2) is 17.0 Å². The van der Waals surface area contributed by atoms with Gasteiger partial charge >= 0.3 is 5.97 Å². The first-order valence-corrected chi connectivity index (χ1v) is 8.76. The Morgan fingerprint density at radius 3 is 2.68 bits per heavy atom. The SMILES string of the molecule is CC1CCC(C(=O)O)=C(NC(=O)CCc2ccc3ccccc3c2)C1. The van der Waals surface area contributed by atoms with E-state index in [9.17, 15) is 14.7 Å². The summed E-state index contributed by atoms with van der Waals surface area (Å²) in [6, 6.07) is 14.4. The molecule has 0 aliphatic heterocycles. The average molecular weight is 337 g/mol. The summed E-state index contributed by atoms with van der Waals surface area (Å²) in [5.74, 6) is -0.633. The van der Waals surface area contributed by atoms with Crippen LogP contribution in [0, 0.1) is 5.92 Å². The zero-order chi connectivity index (χ0) is 17.8. The van der Waals surface area contributed by atoms with E-state index < -0.39 is 5.97 Å².